The zero-order chi connectivity index (χ0) is 13.1. The van der Waals surface area contributed by atoms with Crippen LogP contribution in [0.25, 0.3) is 0 Å². The zero-order valence-corrected chi connectivity index (χ0v) is 9.93. The summed E-state index contributed by atoms with van der Waals surface area (Å²) in [7, 11) is 0. The molecule has 1 saturated carbocycles. The molecule has 0 spiro atoms. The number of rotatable bonds is 5. The molecular formula is C13H16N2O3. The first-order chi connectivity index (χ1) is 8.58. The van der Waals surface area contributed by atoms with Crippen molar-refractivity contribution >= 4 is 17.7 Å². The zero-order valence-electron chi connectivity index (χ0n) is 9.93. The molecule has 4 N–H and O–H groups in total. The van der Waals surface area contributed by atoms with Crippen LogP contribution < -0.4 is 11.1 Å². The number of hydrogen-bond donors (Lipinski definition) is 3. The summed E-state index contributed by atoms with van der Waals surface area (Å²) in [6.45, 7) is 0. The molecule has 0 radical (unpaired) electrons. The van der Waals surface area contributed by atoms with Gasteiger partial charge in [0.05, 0.1) is 6.42 Å². The van der Waals surface area contributed by atoms with Crippen LogP contribution in [0.15, 0.2) is 24.3 Å². The van der Waals surface area contributed by atoms with Crippen LogP contribution in [0.1, 0.15) is 30.7 Å². The molecule has 0 aliphatic heterocycles. The lowest BCUT2D eigenvalue weighted by Gasteiger charge is -2.18. The highest BCUT2D eigenvalue weighted by Crippen LogP contribution is 2.46. The Morgan fingerprint density at radius 2 is 2.06 bits per heavy atom. The number of aliphatic carboxylic acids is 1. The van der Waals surface area contributed by atoms with Crippen LogP contribution in [0.5, 0.6) is 0 Å². The normalized spacial score (nSPS) is 16.0. The second-order valence-electron chi connectivity index (χ2n) is 4.62. The molecule has 1 aromatic rings. The van der Waals surface area contributed by atoms with Gasteiger partial charge in [0.15, 0.2) is 0 Å². The SMILES string of the molecule is NC(=O)Nc1ccccc1C(CC(=O)O)C1CC1. The van der Waals surface area contributed by atoms with Crippen LogP contribution in [0.2, 0.25) is 0 Å². The molecule has 1 aromatic carbocycles. The molecule has 0 saturated heterocycles. The number of para-hydroxylation sites is 1. The topological polar surface area (TPSA) is 92.4 Å². The fourth-order valence-electron chi connectivity index (χ4n) is 2.28. The quantitative estimate of drug-likeness (QED) is 0.745. The number of carbonyl (C=O) groups excluding carboxylic acids is 1. The largest absolute Gasteiger partial charge is 0.481 e. The first-order valence-electron chi connectivity index (χ1n) is 5.95. The van der Waals surface area contributed by atoms with Crippen molar-refractivity contribution < 1.29 is 14.7 Å². The third kappa shape index (κ3) is 3.00. The number of amides is 2. The lowest BCUT2D eigenvalue weighted by Crippen LogP contribution is -2.21. The Morgan fingerprint density at radius 3 is 2.61 bits per heavy atom. The van der Waals surface area contributed by atoms with Crippen LogP contribution in [0, 0.1) is 5.92 Å². The van der Waals surface area contributed by atoms with Crippen LogP contribution in [0.3, 0.4) is 0 Å². The molecule has 96 valence electrons. The molecule has 2 rings (SSSR count). The average Bonchev–Trinajstić information content (AvgIpc) is 3.09. The number of carbonyl (C=O) groups is 2. The van der Waals surface area contributed by atoms with Gasteiger partial charge in [-0.1, -0.05) is 18.2 Å². The highest BCUT2D eigenvalue weighted by Gasteiger charge is 2.34. The van der Waals surface area contributed by atoms with Gasteiger partial charge in [0.1, 0.15) is 0 Å². The maximum atomic E-state index is 10.9. The van der Waals surface area contributed by atoms with Gasteiger partial charge in [-0.3, -0.25) is 4.79 Å². The van der Waals surface area contributed by atoms with Crippen molar-refractivity contribution in [2.24, 2.45) is 11.7 Å². The fourth-order valence-corrected chi connectivity index (χ4v) is 2.28. The molecule has 0 heterocycles. The van der Waals surface area contributed by atoms with Crippen LogP contribution in [-0.2, 0) is 4.79 Å². The van der Waals surface area contributed by atoms with E-state index in [9.17, 15) is 9.59 Å². The van der Waals surface area contributed by atoms with E-state index in [0.29, 0.717) is 11.6 Å². The monoisotopic (exact) mass is 248 g/mol. The second-order valence-corrected chi connectivity index (χ2v) is 4.62. The third-order valence-electron chi connectivity index (χ3n) is 3.20. The number of carboxylic acids is 1. The number of benzene rings is 1. The lowest BCUT2D eigenvalue weighted by atomic mass is 9.90. The Labute approximate surface area is 105 Å². The Morgan fingerprint density at radius 1 is 1.39 bits per heavy atom. The number of primary amides is 1. The molecule has 1 atom stereocenters. The van der Waals surface area contributed by atoms with Crippen molar-refractivity contribution in [3.05, 3.63) is 29.8 Å². The molecule has 1 aliphatic carbocycles. The summed E-state index contributed by atoms with van der Waals surface area (Å²) in [6, 6.07) is 6.61. The van der Waals surface area contributed by atoms with E-state index in [1.54, 1.807) is 12.1 Å². The van der Waals surface area contributed by atoms with Gasteiger partial charge in [0.2, 0.25) is 0 Å². The molecule has 0 aromatic heterocycles. The average molecular weight is 248 g/mol. The van der Waals surface area contributed by atoms with E-state index in [4.69, 9.17) is 10.8 Å². The lowest BCUT2D eigenvalue weighted by molar-refractivity contribution is -0.137. The van der Waals surface area contributed by atoms with E-state index in [-0.39, 0.29) is 12.3 Å². The number of urea groups is 1. The highest BCUT2D eigenvalue weighted by atomic mass is 16.4. The number of nitrogens with one attached hydrogen (secondary N) is 1. The van der Waals surface area contributed by atoms with Gasteiger partial charge in [-0.25, -0.2) is 4.79 Å². The summed E-state index contributed by atoms with van der Waals surface area (Å²) >= 11 is 0. The Bertz CT molecular complexity index is 469. The number of carboxylic acid groups (broad SMARTS) is 1. The van der Waals surface area contributed by atoms with Crippen molar-refractivity contribution in [2.45, 2.75) is 25.2 Å². The minimum Gasteiger partial charge on any atom is -0.481 e. The van der Waals surface area contributed by atoms with Gasteiger partial charge >= 0.3 is 12.0 Å². The smallest absolute Gasteiger partial charge is 0.316 e. The second kappa shape index (κ2) is 5.08. The van der Waals surface area contributed by atoms with Gasteiger partial charge < -0.3 is 16.2 Å². The van der Waals surface area contributed by atoms with E-state index < -0.39 is 12.0 Å². The van der Waals surface area contributed by atoms with Gasteiger partial charge in [-0.05, 0) is 36.3 Å². The van der Waals surface area contributed by atoms with Gasteiger partial charge in [0, 0.05) is 5.69 Å². The molecular weight excluding hydrogens is 232 g/mol. The Hall–Kier alpha value is -2.04. The van der Waals surface area contributed by atoms with Gasteiger partial charge in [0.25, 0.3) is 0 Å². The number of anilines is 1. The third-order valence-corrected chi connectivity index (χ3v) is 3.20. The van der Waals surface area contributed by atoms with Crippen molar-refractivity contribution in [3.8, 4) is 0 Å². The van der Waals surface area contributed by atoms with Gasteiger partial charge in [-0.2, -0.15) is 0 Å². The van der Waals surface area contributed by atoms with E-state index in [0.717, 1.165) is 18.4 Å². The van der Waals surface area contributed by atoms with Crippen molar-refractivity contribution in [2.75, 3.05) is 5.32 Å². The molecule has 5 nitrogen and oxygen atoms in total. The standard InChI is InChI=1S/C13H16N2O3/c14-13(18)15-11-4-2-1-3-9(11)10(7-12(16)17)8-5-6-8/h1-4,8,10H,5-7H2,(H,16,17)(H3,14,15,18). The van der Waals surface area contributed by atoms with E-state index in [2.05, 4.69) is 5.32 Å². The van der Waals surface area contributed by atoms with Crippen molar-refractivity contribution in [1.82, 2.24) is 0 Å². The Kier molecular flexibility index (Phi) is 3.50. The van der Waals surface area contributed by atoms with Gasteiger partial charge in [-0.15, -0.1) is 0 Å². The van der Waals surface area contributed by atoms with Crippen LogP contribution >= 0.6 is 0 Å². The maximum absolute atomic E-state index is 10.9. The molecule has 0 bridgehead atoms. The minimum atomic E-state index is -0.819. The summed E-state index contributed by atoms with van der Waals surface area (Å²) in [4.78, 5) is 21.9. The summed E-state index contributed by atoms with van der Waals surface area (Å²) < 4.78 is 0. The minimum absolute atomic E-state index is 0.0504. The molecule has 5 heteroatoms. The van der Waals surface area contributed by atoms with Crippen molar-refractivity contribution in [3.63, 3.8) is 0 Å². The van der Waals surface area contributed by atoms with Crippen LogP contribution in [0.4, 0.5) is 10.5 Å². The summed E-state index contributed by atoms with van der Waals surface area (Å²) in [5, 5.41) is 11.5. The predicted molar refractivity (Wildman–Crippen MR) is 67.4 cm³/mol. The molecule has 1 fully saturated rings. The first-order valence-corrected chi connectivity index (χ1v) is 5.95. The molecule has 1 aliphatic rings. The fraction of sp³-hybridized carbons (Fsp3) is 0.385. The summed E-state index contributed by atoms with van der Waals surface area (Å²) in [5.41, 5.74) is 6.60. The number of hydrogen-bond acceptors (Lipinski definition) is 2. The van der Waals surface area contributed by atoms with E-state index in [1.165, 1.54) is 0 Å². The summed E-state index contributed by atoms with van der Waals surface area (Å²) in [5.74, 6) is -0.469. The highest BCUT2D eigenvalue weighted by molar-refractivity contribution is 5.89. The molecule has 1 unspecified atom stereocenters. The van der Waals surface area contributed by atoms with E-state index >= 15 is 0 Å². The summed E-state index contributed by atoms with van der Waals surface area (Å²) in [6.07, 6.45) is 2.17. The maximum Gasteiger partial charge on any atom is 0.316 e. The Balaban J connectivity index is 2.28. The van der Waals surface area contributed by atoms with E-state index in [1.807, 2.05) is 12.1 Å². The van der Waals surface area contributed by atoms with Crippen LogP contribution in [-0.4, -0.2) is 17.1 Å². The number of nitrogens with two attached hydrogens (primary N) is 1. The van der Waals surface area contributed by atoms with Crippen molar-refractivity contribution in [1.29, 1.82) is 0 Å². The molecule has 18 heavy (non-hydrogen) atoms. The first kappa shape index (κ1) is 12.4. The predicted octanol–water partition coefficient (Wildman–Crippen LogP) is 2.15. The molecule has 2 amide bonds.